The van der Waals surface area contributed by atoms with Crippen LogP contribution in [-0.4, -0.2) is 41.8 Å². The molecule has 1 aliphatic rings. The molecule has 0 unspecified atom stereocenters. The van der Waals surface area contributed by atoms with Gasteiger partial charge in [0, 0.05) is 19.0 Å². The Labute approximate surface area is 196 Å². The van der Waals surface area contributed by atoms with E-state index in [-0.39, 0.29) is 11.9 Å². The van der Waals surface area contributed by atoms with Crippen LogP contribution >= 0.6 is 0 Å². The van der Waals surface area contributed by atoms with Gasteiger partial charge in [0.2, 0.25) is 5.91 Å². The molecule has 4 N–H and O–H groups in total. The van der Waals surface area contributed by atoms with Gasteiger partial charge < -0.3 is 14.9 Å². The molecule has 1 aromatic carbocycles. The van der Waals surface area contributed by atoms with E-state index < -0.39 is 29.9 Å². The molecular formula is C23H30F3N3O5. The first-order chi connectivity index (χ1) is 16.0. The summed E-state index contributed by atoms with van der Waals surface area (Å²) in [5.74, 6) is -4.35. The summed E-state index contributed by atoms with van der Waals surface area (Å²) in [5, 5.41) is 2.93. The highest BCUT2D eigenvalue weighted by molar-refractivity contribution is 5.87. The van der Waals surface area contributed by atoms with Crippen molar-refractivity contribution < 1.29 is 37.1 Å². The van der Waals surface area contributed by atoms with Crippen LogP contribution in [0.25, 0.3) is 0 Å². The summed E-state index contributed by atoms with van der Waals surface area (Å²) in [6, 6.07) is 8.82. The fourth-order valence-corrected chi connectivity index (χ4v) is 3.38. The fourth-order valence-electron chi connectivity index (χ4n) is 3.38. The van der Waals surface area contributed by atoms with E-state index in [4.69, 9.17) is 10.6 Å². The van der Waals surface area contributed by atoms with E-state index in [1.807, 2.05) is 30.3 Å². The van der Waals surface area contributed by atoms with Gasteiger partial charge in [-0.05, 0) is 31.2 Å². The highest BCUT2D eigenvalue weighted by Gasteiger charge is 2.47. The Morgan fingerprint density at radius 3 is 2.38 bits per heavy atom. The van der Waals surface area contributed by atoms with Crippen LogP contribution in [0.3, 0.4) is 0 Å². The SMILES string of the molecule is C[C@](N)(OC(=O)C(F)(F)F)C(=O)ON[C@H](/C=C/C(=O)NC1CCCCC1)CCc1ccccc1. The van der Waals surface area contributed by atoms with Crippen molar-refractivity contribution >= 4 is 17.8 Å². The Bertz CT molecular complexity index is 853. The predicted molar refractivity (Wildman–Crippen MR) is 117 cm³/mol. The van der Waals surface area contributed by atoms with Gasteiger partial charge in [0.05, 0.1) is 6.04 Å². The molecular weight excluding hydrogens is 455 g/mol. The number of rotatable bonds is 10. The maximum absolute atomic E-state index is 12.4. The minimum Gasteiger partial charge on any atom is -0.426 e. The molecule has 34 heavy (non-hydrogen) atoms. The maximum Gasteiger partial charge on any atom is 0.491 e. The topological polar surface area (TPSA) is 120 Å². The fraction of sp³-hybridized carbons (Fsp3) is 0.522. The van der Waals surface area contributed by atoms with E-state index >= 15 is 0 Å². The van der Waals surface area contributed by atoms with Gasteiger partial charge in [-0.15, -0.1) is 5.48 Å². The number of benzene rings is 1. The largest absolute Gasteiger partial charge is 0.491 e. The van der Waals surface area contributed by atoms with Crippen LogP contribution in [-0.2, 0) is 30.4 Å². The zero-order valence-electron chi connectivity index (χ0n) is 18.9. The Balaban J connectivity index is 1.98. The molecule has 188 valence electrons. The number of nitrogens with two attached hydrogens (primary N) is 1. The van der Waals surface area contributed by atoms with Crippen molar-refractivity contribution in [1.82, 2.24) is 10.8 Å². The number of carbonyl (C=O) groups is 3. The lowest BCUT2D eigenvalue weighted by molar-refractivity contribution is -0.219. The molecule has 1 amide bonds. The van der Waals surface area contributed by atoms with Crippen LogP contribution in [0.4, 0.5) is 13.2 Å². The molecule has 0 aliphatic heterocycles. The number of hydrogen-bond acceptors (Lipinski definition) is 7. The number of aryl methyl sites for hydroxylation is 1. The number of esters is 1. The van der Waals surface area contributed by atoms with Gasteiger partial charge in [0.15, 0.2) is 0 Å². The van der Waals surface area contributed by atoms with Crippen LogP contribution in [0.5, 0.6) is 0 Å². The van der Waals surface area contributed by atoms with Crippen LogP contribution in [0.2, 0.25) is 0 Å². The number of hydroxylamine groups is 1. The Morgan fingerprint density at radius 2 is 1.76 bits per heavy atom. The molecule has 1 saturated carbocycles. The van der Waals surface area contributed by atoms with E-state index in [2.05, 4.69) is 15.5 Å². The van der Waals surface area contributed by atoms with E-state index in [0.717, 1.165) is 44.6 Å². The summed E-state index contributed by atoms with van der Waals surface area (Å²) in [5.41, 5.74) is 6.11. The lowest BCUT2D eigenvalue weighted by Gasteiger charge is -2.24. The summed E-state index contributed by atoms with van der Waals surface area (Å²) >= 11 is 0. The smallest absolute Gasteiger partial charge is 0.426 e. The molecule has 2 atom stereocenters. The normalized spacial score (nSPS) is 17.6. The number of hydrogen-bond donors (Lipinski definition) is 3. The van der Waals surface area contributed by atoms with Gasteiger partial charge in [-0.1, -0.05) is 55.7 Å². The zero-order valence-corrected chi connectivity index (χ0v) is 18.9. The average Bonchev–Trinajstić information content (AvgIpc) is 2.78. The highest BCUT2D eigenvalue weighted by Crippen LogP contribution is 2.20. The molecule has 0 saturated heterocycles. The van der Waals surface area contributed by atoms with E-state index in [9.17, 15) is 27.6 Å². The number of carbonyl (C=O) groups excluding carboxylic acids is 3. The van der Waals surface area contributed by atoms with Gasteiger partial charge in [-0.3, -0.25) is 10.5 Å². The number of ether oxygens (including phenoxy) is 1. The van der Waals surface area contributed by atoms with Gasteiger partial charge in [-0.2, -0.15) is 13.2 Å². The Hall–Kier alpha value is -2.92. The van der Waals surface area contributed by atoms with Crippen LogP contribution < -0.4 is 16.5 Å². The minimum absolute atomic E-state index is 0.112. The van der Waals surface area contributed by atoms with Crippen molar-refractivity contribution in [2.24, 2.45) is 5.73 Å². The molecule has 0 aromatic heterocycles. The molecule has 0 spiro atoms. The minimum atomic E-state index is -5.32. The summed E-state index contributed by atoms with van der Waals surface area (Å²) in [7, 11) is 0. The van der Waals surface area contributed by atoms with Crippen LogP contribution in [0, 0.1) is 0 Å². The van der Waals surface area contributed by atoms with Crippen LogP contribution in [0.1, 0.15) is 51.0 Å². The molecule has 2 rings (SSSR count). The monoisotopic (exact) mass is 485 g/mol. The average molecular weight is 486 g/mol. The van der Waals surface area contributed by atoms with Crippen molar-refractivity contribution in [2.75, 3.05) is 0 Å². The molecule has 0 heterocycles. The van der Waals surface area contributed by atoms with E-state index in [1.165, 1.54) is 12.2 Å². The molecule has 11 heteroatoms. The summed E-state index contributed by atoms with van der Waals surface area (Å²) in [6.45, 7) is 0.771. The first kappa shape index (κ1) is 27.3. The summed E-state index contributed by atoms with van der Waals surface area (Å²) < 4.78 is 41.3. The first-order valence-electron chi connectivity index (χ1n) is 11.1. The van der Waals surface area contributed by atoms with E-state index in [1.54, 1.807) is 0 Å². The number of amides is 1. The molecule has 1 aromatic rings. The summed E-state index contributed by atoms with van der Waals surface area (Å²) in [4.78, 5) is 40.3. The van der Waals surface area contributed by atoms with Crippen molar-refractivity contribution in [3.8, 4) is 0 Å². The third kappa shape index (κ3) is 9.52. The molecule has 8 nitrogen and oxygen atoms in total. The standard InChI is InChI=1S/C23H30F3N3O5/c1-22(27,33-21(32)23(24,25)26)20(31)34-29-18(13-12-16-8-4-2-5-9-16)14-15-19(30)28-17-10-6-3-7-11-17/h2,4-5,8-9,14-15,17-18,29H,3,6-7,10-13,27H2,1H3,(H,28,30)/b15-14+/t18-,22-/m0/s1. The lowest BCUT2D eigenvalue weighted by atomic mass is 9.95. The molecule has 1 fully saturated rings. The third-order valence-corrected chi connectivity index (χ3v) is 5.26. The van der Waals surface area contributed by atoms with Gasteiger partial charge >= 0.3 is 18.1 Å². The highest BCUT2D eigenvalue weighted by atomic mass is 19.4. The lowest BCUT2D eigenvalue weighted by Crippen LogP contribution is -2.53. The second-order valence-electron chi connectivity index (χ2n) is 8.34. The predicted octanol–water partition coefficient (Wildman–Crippen LogP) is 2.82. The Morgan fingerprint density at radius 1 is 1.12 bits per heavy atom. The summed E-state index contributed by atoms with van der Waals surface area (Å²) in [6.07, 6.45) is 3.52. The second kappa shape index (κ2) is 12.5. The quantitative estimate of drug-likeness (QED) is 0.202. The number of halogens is 3. The molecule has 0 radical (unpaired) electrons. The van der Waals surface area contributed by atoms with Crippen molar-refractivity contribution in [2.45, 2.75) is 75.9 Å². The van der Waals surface area contributed by atoms with Crippen molar-refractivity contribution in [3.63, 3.8) is 0 Å². The number of nitrogens with one attached hydrogen (secondary N) is 2. The van der Waals surface area contributed by atoms with Crippen molar-refractivity contribution in [1.29, 1.82) is 0 Å². The molecule has 0 bridgehead atoms. The van der Waals surface area contributed by atoms with Gasteiger partial charge in [0.25, 0.3) is 5.72 Å². The van der Waals surface area contributed by atoms with Crippen LogP contribution in [0.15, 0.2) is 42.5 Å². The Kier molecular flexibility index (Phi) is 10.1. The maximum atomic E-state index is 12.4. The second-order valence-corrected chi connectivity index (χ2v) is 8.34. The molecule has 1 aliphatic carbocycles. The first-order valence-corrected chi connectivity index (χ1v) is 11.1. The van der Waals surface area contributed by atoms with E-state index in [0.29, 0.717) is 12.8 Å². The third-order valence-electron chi connectivity index (χ3n) is 5.26. The van der Waals surface area contributed by atoms with Gasteiger partial charge in [-0.25, -0.2) is 9.59 Å². The van der Waals surface area contributed by atoms with Crippen molar-refractivity contribution in [3.05, 3.63) is 48.0 Å². The number of alkyl halides is 3. The van der Waals surface area contributed by atoms with Gasteiger partial charge in [0.1, 0.15) is 0 Å². The zero-order chi connectivity index (χ0) is 25.2.